The Balaban J connectivity index is 1.38. The van der Waals surface area contributed by atoms with Crippen LogP contribution in [0.5, 0.6) is 0 Å². The molecule has 0 bridgehead atoms. The summed E-state index contributed by atoms with van der Waals surface area (Å²) in [6, 6.07) is 6.75. The summed E-state index contributed by atoms with van der Waals surface area (Å²) in [6.45, 7) is 4.00. The lowest BCUT2D eigenvalue weighted by Crippen LogP contribution is -2.57. The van der Waals surface area contributed by atoms with Gasteiger partial charge in [-0.15, -0.1) is 0 Å². The number of aryl methyl sites for hydroxylation is 1. The number of nitrogens with zero attached hydrogens (tertiary/aromatic N) is 2. The molecule has 0 aliphatic carbocycles. The van der Waals surface area contributed by atoms with Gasteiger partial charge >= 0.3 is 11.8 Å². The van der Waals surface area contributed by atoms with Gasteiger partial charge < -0.3 is 19.7 Å². The molecule has 1 aromatic rings. The van der Waals surface area contributed by atoms with E-state index in [9.17, 15) is 18.0 Å². The van der Waals surface area contributed by atoms with E-state index in [-0.39, 0.29) is 30.6 Å². The number of benzene rings is 1. The third kappa shape index (κ3) is 4.48. The van der Waals surface area contributed by atoms with Gasteiger partial charge in [-0.2, -0.15) is 4.31 Å². The molecule has 31 heavy (non-hydrogen) atoms. The molecular weight excluding hydrogens is 422 g/mol. The van der Waals surface area contributed by atoms with Crippen LogP contribution >= 0.6 is 0 Å². The lowest BCUT2D eigenvalue weighted by molar-refractivity contribution is -0.151. The van der Waals surface area contributed by atoms with Crippen molar-refractivity contribution in [3.05, 3.63) is 29.8 Å². The molecule has 3 heterocycles. The quantitative estimate of drug-likeness (QED) is 0.674. The fourth-order valence-electron chi connectivity index (χ4n) is 4.45. The Morgan fingerprint density at radius 1 is 1.13 bits per heavy atom. The van der Waals surface area contributed by atoms with Crippen LogP contribution in [0.4, 0.5) is 0 Å². The molecule has 1 aromatic carbocycles. The number of carbonyl (C=O) groups excluding carboxylic acids is 2. The smallest absolute Gasteiger partial charge is 0.311 e. The monoisotopic (exact) mass is 451 g/mol. The normalized spacial score (nSPS) is 23.9. The Bertz CT molecular complexity index is 919. The van der Waals surface area contributed by atoms with E-state index in [4.69, 9.17) is 9.47 Å². The summed E-state index contributed by atoms with van der Waals surface area (Å²) in [7, 11) is -3.72. The molecule has 3 saturated heterocycles. The molecule has 170 valence electrons. The molecule has 3 fully saturated rings. The largest absolute Gasteiger partial charge is 0.376 e. The molecule has 2 amide bonds. The molecular formula is C21H29N3O6S. The third-order valence-corrected chi connectivity index (χ3v) is 8.23. The van der Waals surface area contributed by atoms with Gasteiger partial charge in [0.1, 0.15) is 5.72 Å². The first-order chi connectivity index (χ1) is 14.8. The van der Waals surface area contributed by atoms with Gasteiger partial charge in [-0.1, -0.05) is 17.7 Å². The van der Waals surface area contributed by atoms with E-state index in [0.717, 1.165) is 18.4 Å². The second-order valence-electron chi connectivity index (χ2n) is 8.32. The molecule has 1 spiro atoms. The van der Waals surface area contributed by atoms with Crippen LogP contribution in [-0.2, 0) is 29.1 Å². The Hall–Kier alpha value is -2.01. The summed E-state index contributed by atoms with van der Waals surface area (Å²) in [4.78, 5) is 26.5. The minimum Gasteiger partial charge on any atom is -0.376 e. The Morgan fingerprint density at radius 2 is 1.84 bits per heavy atom. The number of sulfonamides is 1. The number of nitrogens with one attached hydrogen (secondary N) is 1. The van der Waals surface area contributed by atoms with Crippen LogP contribution in [-0.4, -0.2) is 80.7 Å². The maximum absolute atomic E-state index is 13.2. The first kappa shape index (κ1) is 22.2. The average Bonchev–Trinajstić information content (AvgIpc) is 3.43. The predicted molar refractivity (Wildman–Crippen MR) is 112 cm³/mol. The summed E-state index contributed by atoms with van der Waals surface area (Å²) in [5, 5.41) is 2.65. The fourth-order valence-corrected chi connectivity index (χ4v) is 6.18. The summed E-state index contributed by atoms with van der Waals surface area (Å²) < 4.78 is 39.3. The second-order valence-corrected chi connectivity index (χ2v) is 10.2. The standard InChI is InChI=1S/C21H29N3O6S/c1-16-4-6-18(7-5-16)31(27,28)24-12-14-30-21(24)8-10-23(11-9-21)20(26)19(25)22-15-17-3-2-13-29-17/h4-7,17H,2-3,8-15H2,1H3,(H,22,25)/t17-/m0/s1. The molecule has 1 atom stereocenters. The number of hydrogen-bond donors (Lipinski definition) is 1. The highest BCUT2D eigenvalue weighted by molar-refractivity contribution is 7.89. The molecule has 0 aromatic heterocycles. The maximum atomic E-state index is 13.2. The zero-order valence-electron chi connectivity index (χ0n) is 17.7. The average molecular weight is 452 g/mol. The van der Waals surface area contributed by atoms with E-state index in [1.807, 2.05) is 6.92 Å². The molecule has 1 N–H and O–H groups in total. The van der Waals surface area contributed by atoms with Crippen molar-refractivity contribution in [1.82, 2.24) is 14.5 Å². The van der Waals surface area contributed by atoms with Gasteiger partial charge in [-0.25, -0.2) is 8.42 Å². The first-order valence-corrected chi connectivity index (χ1v) is 12.2. The van der Waals surface area contributed by atoms with Crippen LogP contribution in [0.15, 0.2) is 29.2 Å². The molecule has 9 nitrogen and oxygen atoms in total. The lowest BCUT2D eigenvalue weighted by Gasteiger charge is -2.42. The van der Waals surface area contributed by atoms with Crippen LogP contribution in [0.3, 0.4) is 0 Å². The van der Waals surface area contributed by atoms with Crippen molar-refractivity contribution in [2.75, 3.05) is 39.4 Å². The van der Waals surface area contributed by atoms with Crippen LogP contribution in [0, 0.1) is 6.92 Å². The predicted octanol–water partition coefficient (Wildman–Crippen LogP) is 0.630. The maximum Gasteiger partial charge on any atom is 0.311 e. The minimum absolute atomic E-state index is 0.0335. The Morgan fingerprint density at radius 3 is 2.48 bits per heavy atom. The summed E-state index contributed by atoms with van der Waals surface area (Å²) in [5.41, 5.74) is 0.00482. The van der Waals surface area contributed by atoms with E-state index in [1.54, 1.807) is 24.3 Å². The van der Waals surface area contributed by atoms with Crippen LogP contribution in [0.25, 0.3) is 0 Å². The number of piperidine rings is 1. The van der Waals surface area contributed by atoms with E-state index in [2.05, 4.69) is 5.32 Å². The highest BCUT2D eigenvalue weighted by Crippen LogP contribution is 2.38. The van der Waals surface area contributed by atoms with Gasteiger partial charge in [-0.05, 0) is 31.9 Å². The van der Waals surface area contributed by atoms with Crippen LogP contribution in [0.1, 0.15) is 31.2 Å². The van der Waals surface area contributed by atoms with Gasteiger partial charge in [0, 0.05) is 45.6 Å². The van der Waals surface area contributed by atoms with Gasteiger partial charge in [-0.3, -0.25) is 9.59 Å². The fraction of sp³-hybridized carbons (Fsp3) is 0.619. The molecule has 10 heteroatoms. The summed E-state index contributed by atoms with van der Waals surface area (Å²) in [5.74, 6) is -1.25. The lowest BCUT2D eigenvalue weighted by atomic mass is 10.0. The molecule has 0 radical (unpaired) electrons. The van der Waals surface area contributed by atoms with Crippen molar-refractivity contribution in [2.24, 2.45) is 0 Å². The molecule has 0 unspecified atom stereocenters. The third-order valence-electron chi connectivity index (χ3n) is 6.27. The van der Waals surface area contributed by atoms with E-state index < -0.39 is 27.6 Å². The van der Waals surface area contributed by atoms with Gasteiger partial charge in [0.25, 0.3) is 0 Å². The Kier molecular flexibility index (Phi) is 6.34. The first-order valence-electron chi connectivity index (χ1n) is 10.7. The molecule has 3 aliphatic heterocycles. The SMILES string of the molecule is Cc1ccc(S(=O)(=O)N2CCOC23CCN(C(=O)C(=O)NC[C@@H]2CCCO2)CC3)cc1. The Labute approximate surface area is 182 Å². The van der Waals surface area contributed by atoms with E-state index >= 15 is 0 Å². The zero-order valence-corrected chi connectivity index (χ0v) is 18.5. The topological polar surface area (TPSA) is 105 Å². The molecule has 3 aliphatic rings. The highest BCUT2D eigenvalue weighted by atomic mass is 32.2. The number of amides is 2. The van der Waals surface area contributed by atoms with E-state index in [1.165, 1.54) is 9.21 Å². The van der Waals surface area contributed by atoms with Crippen molar-refractivity contribution in [3.8, 4) is 0 Å². The number of carbonyl (C=O) groups is 2. The van der Waals surface area contributed by atoms with Crippen LogP contribution in [0.2, 0.25) is 0 Å². The van der Waals surface area contributed by atoms with Crippen molar-refractivity contribution in [1.29, 1.82) is 0 Å². The molecule has 4 rings (SSSR count). The minimum atomic E-state index is -3.72. The van der Waals surface area contributed by atoms with Gasteiger partial charge in [0.05, 0.1) is 17.6 Å². The summed E-state index contributed by atoms with van der Waals surface area (Å²) in [6.07, 6.45) is 2.45. The summed E-state index contributed by atoms with van der Waals surface area (Å²) >= 11 is 0. The second kappa shape index (κ2) is 8.85. The van der Waals surface area contributed by atoms with E-state index in [0.29, 0.717) is 32.6 Å². The number of likely N-dealkylation sites (tertiary alicyclic amines) is 1. The van der Waals surface area contributed by atoms with Crippen molar-refractivity contribution in [2.45, 2.75) is 49.3 Å². The van der Waals surface area contributed by atoms with Crippen molar-refractivity contribution >= 4 is 21.8 Å². The number of rotatable bonds is 4. The van der Waals surface area contributed by atoms with Gasteiger partial charge in [0.15, 0.2) is 0 Å². The highest BCUT2D eigenvalue weighted by Gasteiger charge is 2.51. The zero-order chi connectivity index (χ0) is 22.1. The number of hydrogen-bond acceptors (Lipinski definition) is 6. The van der Waals surface area contributed by atoms with Gasteiger partial charge in [0.2, 0.25) is 10.0 Å². The van der Waals surface area contributed by atoms with Crippen molar-refractivity contribution in [3.63, 3.8) is 0 Å². The number of ether oxygens (including phenoxy) is 2. The molecule has 0 saturated carbocycles. The van der Waals surface area contributed by atoms with Crippen molar-refractivity contribution < 1.29 is 27.5 Å². The van der Waals surface area contributed by atoms with Crippen LogP contribution < -0.4 is 5.32 Å².